The molecule has 0 radical (unpaired) electrons. The highest BCUT2D eigenvalue weighted by Crippen LogP contribution is 2.31. The lowest BCUT2D eigenvalue weighted by Gasteiger charge is -2.28. The molecule has 148 valence electrons. The van der Waals surface area contributed by atoms with Gasteiger partial charge in [0.2, 0.25) is 0 Å². The molecule has 5 heteroatoms. The highest BCUT2D eigenvalue weighted by molar-refractivity contribution is 6.31. The number of pyridine rings is 1. The van der Waals surface area contributed by atoms with Crippen LogP contribution in [-0.4, -0.2) is 42.2 Å². The summed E-state index contributed by atoms with van der Waals surface area (Å²) in [7, 11) is 4.17. The number of nitrogens with zero attached hydrogens (tertiary/aromatic N) is 2. The Kier molecular flexibility index (Phi) is 6.23. The summed E-state index contributed by atoms with van der Waals surface area (Å²) in [4.78, 5) is 6.61. The molecule has 0 aliphatic heterocycles. The third-order valence-electron chi connectivity index (χ3n) is 4.76. The van der Waals surface area contributed by atoms with Gasteiger partial charge in [0.25, 0.3) is 0 Å². The molecule has 0 unspecified atom stereocenters. The van der Waals surface area contributed by atoms with Gasteiger partial charge in [-0.2, -0.15) is 0 Å². The number of nitrogens with one attached hydrogen (secondary N) is 1. The first-order chi connectivity index (χ1) is 13.2. The first-order valence-electron chi connectivity index (χ1n) is 9.47. The lowest BCUT2D eigenvalue weighted by Crippen LogP contribution is -2.37. The minimum Gasteiger partial charge on any atom is -0.508 e. The number of hydrogen-bond donors (Lipinski definition) is 2. The molecular formula is C23H28ClN3O. The first kappa shape index (κ1) is 20.6. The van der Waals surface area contributed by atoms with Crippen molar-refractivity contribution in [1.29, 1.82) is 0 Å². The fourth-order valence-corrected chi connectivity index (χ4v) is 3.88. The van der Waals surface area contributed by atoms with Crippen molar-refractivity contribution in [3.8, 4) is 16.9 Å². The van der Waals surface area contributed by atoms with E-state index in [4.69, 9.17) is 11.6 Å². The third kappa shape index (κ3) is 5.02. The van der Waals surface area contributed by atoms with Crippen molar-refractivity contribution in [2.24, 2.45) is 5.41 Å². The zero-order chi connectivity index (χ0) is 20.3. The summed E-state index contributed by atoms with van der Waals surface area (Å²) in [5.41, 5.74) is 4.03. The van der Waals surface area contributed by atoms with E-state index in [9.17, 15) is 5.11 Å². The van der Waals surface area contributed by atoms with E-state index in [0.29, 0.717) is 17.3 Å². The Hall–Kier alpha value is -2.14. The van der Waals surface area contributed by atoms with E-state index in [0.717, 1.165) is 40.7 Å². The number of hydrogen-bond acceptors (Lipinski definition) is 4. The van der Waals surface area contributed by atoms with E-state index < -0.39 is 0 Å². The van der Waals surface area contributed by atoms with Crippen molar-refractivity contribution >= 4 is 22.5 Å². The van der Waals surface area contributed by atoms with E-state index in [1.165, 1.54) is 0 Å². The lowest BCUT2D eigenvalue weighted by atomic mass is 9.92. The van der Waals surface area contributed by atoms with Crippen LogP contribution in [0.1, 0.15) is 19.4 Å². The van der Waals surface area contributed by atoms with Crippen LogP contribution < -0.4 is 5.32 Å². The van der Waals surface area contributed by atoms with Gasteiger partial charge >= 0.3 is 0 Å². The summed E-state index contributed by atoms with van der Waals surface area (Å²) in [6.07, 6.45) is 1.79. The summed E-state index contributed by atoms with van der Waals surface area (Å²) < 4.78 is 0. The fraction of sp³-hybridized carbons (Fsp3) is 0.348. The van der Waals surface area contributed by atoms with Gasteiger partial charge in [-0.1, -0.05) is 37.6 Å². The quantitative estimate of drug-likeness (QED) is 0.593. The second kappa shape index (κ2) is 8.48. The maximum atomic E-state index is 10.3. The minimum absolute atomic E-state index is 0.150. The summed E-state index contributed by atoms with van der Waals surface area (Å²) >= 11 is 6.10. The molecule has 0 fully saturated rings. The zero-order valence-corrected chi connectivity index (χ0v) is 17.7. The highest BCUT2D eigenvalue weighted by atomic mass is 35.5. The van der Waals surface area contributed by atoms with Gasteiger partial charge in [0.1, 0.15) is 5.75 Å². The number of phenols is 1. The van der Waals surface area contributed by atoms with Crippen molar-refractivity contribution in [2.75, 3.05) is 27.2 Å². The van der Waals surface area contributed by atoms with E-state index in [1.807, 2.05) is 36.4 Å². The molecule has 1 heterocycles. The molecule has 0 amide bonds. The smallest absolute Gasteiger partial charge is 0.120 e. The maximum Gasteiger partial charge on any atom is 0.120 e. The topological polar surface area (TPSA) is 48.4 Å². The Morgan fingerprint density at radius 2 is 1.89 bits per heavy atom. The van der Waals surface area contributed by atoms with Crippen molar-refractivity contribution in [3.05, 3.63) is 59.2 Å². The summed E-state index contributed by atoms with van der Waals surface area (Å²) in [6.45, 7) is 6.96. The van der Waals surface area contributed by atoms with E-state index in [1.54, 1.807) is 12.3 Å². The van der Waals surface area contributed by atoms with Crippen molar-refractivity contribution in [3.63, 3.8) is 0 Å². The van der Waals surface area contributed by atoms with E-state index >= 15 is 0 Å². The monoisotopic (exact) mass is 397 g/mol. The van der Waals surface area contributed by atoms with Gasteiger partial charge in [-0.05, 0) is 61.0 Å². The molecule has 0 atom stereocenters. The van der Waals surface area contributed by atoms with Crippen LogP contribution in [0.15, 0.2) is 48.7 Å². The van der Waals surface area contributed by atoms with Crippen molar-refractivity contribution in [2.45, 2.75) is 20.4 Å². The molecule has 0 bridgehead atoms. The van der Waals surface area contributed by atoms with Gasteiger partial charge in [0.15, 0.2) is 0 Å². The van der Waals surface area contributed by atoms with Gasteiger partial charge < -0.3 is 15.3 Å². The Balaban J connectivity index is 1.83. The van der Waals surface area contributed by atoms with Crippen molar-refractivity contribution in [1.82, 2.24) is 15.2 Å². The molecule has 2 N–H and O–H groups in total. The number of aromatic hydroxyl groups is 1. The second-order valence-electron chi connectivity index (χ2n) is 8.37. The van der Waals surface area contributed by atoms with Crippen LogP contribution in [0.4, 0.5) is 0 Å². The summed E-state index contributed by atoms with van der Waals surface area (Å²) in [5, 5.41) is 15.5. The highest BCUT2D eigenvalue weighted by Gasteiger charge is 2.18. The van der Waals surface area contributed by atoms with Crippen LogP contribution in [0.2, 0.25) is 5.02 Å². The molecule has 2 aromatic carbocycles. The first-order valence-corrected chi connectivity index (χ1v) is 9.85. The Morgan fingerprint density at radius 3 is 2.64 bits per heavy atom. The molecule has 0 saturated carbocycles. The normalized spacial score (nSPS) is 12.1. The predicted molar refractivity (Wildman–Crippen MR) is 118 cm³/mol. The zero-order valence-electron chi connectivity index (χ0n) is 17.0. The van der Waals surface area contributed by atoms with Crippen LogP contribution in [0.3, 0.4) is 0 Å². The van der Waals surface area contributed by atoms with Gasteiger partial charge in [-0.3, -0.25) is 4.98 Å². The van der Waals surface area contributed by atoms with Crippen LogP contribution >= 0.6 is 11.6 Å². The molecule has 3 aromatic rings. The van der Waals surface area contributed by atoms with Gasteiger partial charge in [0.05, 0.1) is 5.52 Å². The molecule has 1 aromatic heterocycles. The summed E-state index contributed by atoms with van der Waals surface area (Å²) in [6, 6.07) is 13.5. The second-order valence-corrected chi connectivity index (χ2v) is 8.81. The Morgan fingerprint density at radius 1 is 1.11 bits per heavy atom. The van der Waals surface area contributed by atoms with Gasteiger partial charge in [-0.15, -0.1) is 0 Å². The maximum absolute atomic E-state index is 10.3. The molecule has 0 spiro atoms. The van der Waals surface area contributed by atoms with Crippen LogP contribution in [0, 0.1) is 5.41 Å². The van der Waals surface area contributed by atoms with E-state index in [2.05, 4.69) is 43.1 Å². The predicted octanol–water partition coefficient (Wildman–Crippen LogP) is 4.94. The average molecular weight is 398 g/mol. The minimum atomic E-state index is 0.150. The van der Waals surface area contributed by atoms with Crippen LogP contribution in [-0.2, 0) is 6.54 Å². The largest absolute Gasteiger partial charge is 0.508 e. The fourth-order valence-electron chi connectivity index (χ4n) is 3.72. The standard InChI is InChI=1S/C23H28ClN3O/c1-23(2,15-27(3)4)14-25-13-17-11-16(5-8-22(17)28)19-9-10-26-21-12-18(24)6-7-20(19)21/h5-12,25,28H,13-15H2,1-4H3. The summed E-state index contributed by atoms with van der Waals surface area (Å²) in [5.74, 6) is 0.308. The third-order valence-corrected chi connectivity index (χ3v) is 4.99. The van der Waals surface area contributed by atoms with Gasteiger partial charge in [0, 0.05) is 41.8 Å². The number of rotatable bonds is 7. The molecular weight excluding hydrogens is 370 g/mol. The average Bonchev–Trinajstić information content (AvgIpc) is 2.61. The number of phenolic OH excluding ortho intramolecular Hbond substituents is 1. The number of fused-ring (bicyclic) bond motifs is 1. The molecule has 3 rings (SSSR count). The Labute approximate surface area is 172 Å². The molecule has 4 nitrogen and oxygen atoms in total. The Bertz CT molecular complexity index is 969. The number of halogens is 1. The molecule has 0 saturated heterocycles. The van der Waals surface area contributed by atoms with Crippen LogP contribution in [0.5, 0.6) is 5.75 Å². The molecule has 28 heavy (non-hydrogen) atoms. The number of benzene rings is 2. The van der Waals surface area contributed by atoms with Gasteiger partial charge in [-0.25, -0.2) is 0 Å². The SMILES string of the molecule is CN(C)CC(C)(C)CNCc1cc(-c2ccnc3cc(Cl)ccc23)ccc1O. The molecule has 0 aliphatic rings. The van der Waals surface area contributed by atoms with Crippen molar-refractivity contribution < 1.29 is 5.11 Å². The lowest BCUT2D eigenvalue weighted by molar-refractivity contribution is 0.232. The number of aromatic nitrogens is 1. The molecule has 0 aliphatic carbocycles. The van der Waals surface area contributed by atoms with Crippen LogP contribution in [0.25, 0.3) is 22.0 Å². The van der Waals surface area contributed by atoms with E-state index in [-0.39, 0.29) is 5.41 Å².